The van der Waals surface area contributed by atoms with Crippen LogP contribution in [0, 0.1) is 0 Å². The summed E-state index contributed by atoms with van der Waals surface area (Å²) in [6.45, 7) is 3.87. The van der Waals surface area contributed by atoms with E-state index in [-0.39, 0.29) is 12.4 Å². The van der Waals surface area contributed by atoms with E-state index in [2.05, 4.69) is 5.32 Å². The van der Waals surface area contributed by atoms with Crippen molar-refractivity contribution in [3.05, 3.63) is 51.3 Å². The maximum absolute atomic E-state index is 12.7. The average Bonchev–Trinajstić information content (AvgIpc) is 2.60. The molecule has 0 spiro atoms. The predicted octanol–water partition coefficient (Wildman–Crippen LogP) is 3.88. The number of ether oxygens (including phenoxy) is 2. The number of dihydropyridines is 1. The van der Waals surface area contributed by atoms with Crippen molar-refractivity contribution in [3.8, 4) is 5.75 Å². The van der Waals surface area contributed by atoms with Crippen molar-refractivity contribution in [1.29, 1.82) is 0 Å². The summed E-state index contributed by atoms with van der Waals surface area (Å²) < 4.78 is 10.5. The molecule has 3 rings (SSSR count). The second-order valence-corrected chi connectivity index (χ2v) is 6.79. The van der Waals surface area contributed by atoms with Gasteiger partial charge in [-0.05, 0) is 44.4 Å². The van der Waals surface area contributed by atoms with Crippen molar-refractivity contribution in [1.82, 2.24) is 5.32 Å². The highest BCUT2D eigenvalue weighted by Gasteiger charge is 2.39. The molecular weight excluding hydrogens is 354 g/mol. The standard InChI is InChI=1S/C20H22ClNO4/c1-4-26-20(24)17-11(2)22-14-6-5-7-15(23)19(14)18(17)12-8-9-16(25-3)13(21)10-12/h8-10,18,22H,4-7H2,1-3H3/t18-/m0/s1. The summed E-state index contributed by atoms with van der Waals surface area (Å²) >= 11 is 6.31. The molecule has 0 bridgehead atoms. The van der Waals surface area contributed by atoms with E-state index >= 15 is 0 Å². The molecule has 1 aromatic rings. The third-order valence-electron chi connectivity index (χ3n) is 4.78. The van der Waals surface area contributed by atoms with Crippen LogP contribution >= 0.6 is 11.6 Å². The highest BCUT2D eigenvalue weighted by molar-refractivity contribution is 6.32. The number of carbonyl (C=O) groups excluding carboxylic acids is 2. The first-order chi connectivity index (χ1) is 12.5. The summed E-state index contributed by atoms with van der Waals surface area (Å²) in [7, 11) is 1.55. The molecule has 1 aliphatic carbocycles. The van der Waals surface area contributed by atoms with Crippen LogP contribution in [0.15, 0.2) is 40.7 Å². The summed E-state index contributed by atoms with van der Waals surface area (Å²) in [4.78, 5) is 25.4. The van der Waals surface area contributed by atoms with E-state index in [9.17, 15) is 9.59 Å². The van der Waals surface area contributed by atoms with Crippen LogP contribution in [0.5, 0.6) is 5.75 Å². The Balaban J connectivity index is 2.17. The van der Waals surface area contributed by atoms with E-state index < -0.39 is 11.9 Å². The van der Waals surface area contributed by atoms with Crippen molar-refractivity contribution in [2.75, 3.05) is 13.7 Å². The van der Waals surface area contributed by atoms with E-state index in [1.807, 2.05) is 13.0 Å². The Morgan fingerprint density at radius 3 is 2.77 bits per heavy atom. The van der Waals surface area contributed by atoms with Crippen molar-refractivity contribution in [2.45, 2.75) is 39.0 Å². The number of hydrogen-bond acceptors (Lipinski definition) is 5. The molecule has 26 heavy (non-hydrogen) atoms. The number of Topliss-reactive ketones (excluding diaryl/α,β-unsaturated/α-hetero) is 1. The fourth-order valence-corrected chi connectivity index (χ4v) is 3.92. The maximum atomic E-state index is 12.7. The highest BCUT2D eigenvalue weighted by Crippen LogP contribution is 2.43. The molecule has 6 heteroatoms. The van der Waals surface area contributed by atoms with Gasteiger partial charge in [0.15, 0.2) is 5.78 Å². The van der Waals surface area contributed by atoms with E-state index in [1.165, 1.54) is 0 Å². The quantitative estimate of drug-likeness (QED) is 0.809. The minimum atomic E-state index is -0.485. The zero-order valence-electron chi connectivity index (χ0n) is 15.1. The predicted molar refractivity (Wildman–Crippen MR) is 99.1 cm³/mol. The molecule has 0 amide bonds. The third-order valence-corrected chi connectivity index (χ3v) is 5.08. The first-order valence-corrected chi connectivity index (χ1v) is 9.10. The summed E-state index contributed by atoms with van der Waals surface area (Å²) in [5, 5.41) is 3.69. The van der Waals surface area contributed by atoms with Crippen LogP contribution in [0.2, 0.25) is 5.02 Å². The number of halogens is 1. The van der Waals surface area contributed by atoms with Crippen molar-refractivity contribution < 1.29 is 19.1 Å². The van der Waals surface area contributed by atoms with Crippen LogP contribution in [0.4, 0.5) is 0 Å². The van der Waals surface area contributed by atoms with Crippen LogP contribution in [-0.2, 0) is 14.3 Å². The average molecular weight is 376 g/mol. The number of ketones is 1. The fourth-order valence-electron chi connectivity index (χ4n) is 3.66. The third kappa shape index (κ3) is 3.23. The van der Waals surface area contributed by atoms with Crippen molar-refractivity contribution in [3.63, 3.8) is 0 Å². The monoisotopic (exact) mass is 375 g/mol. The van der Waals surface area contributed by atoms with Crippen molar-refractivity contribution in [2.24, 2.45) is 0 Å². The lowest BCUT2D eigenvalue weighted by atomic mass is 9.75. The molecule has 0 aromatic heterocycles. The molecule has 5 nitrogen and oxygen atoms in total. The topological polar surface area (TPSA) is 64.6 Å². The zero-order chi connectivity index (χ0) is 18.8. The number of methoxy groups -OCH3 is 1. The summed E-state index contributed by atoms with van der Waals surface area (Å²) in [6.07, 6.45) is 2.08. The minimum absolute atomic E-state index is 0.0602. The molecule has 1 heterocycles. The van der Waals surface area contributed by atoms with Gasteiger partial charge in [-0.2, -0.15) is 0 Å². The Morgan fingerprint density at radius 2 is 2.12 bits per heavy atom. The summed E-state index contributed by atoms with van der Waals surface area (Å²) in [6, 6.07) is 5.36. The zero-order valence-corrected chi connectivity index (χ0v) is 15.9. The van der Waals surface area contributed by atoms with Gasteiger partial charge in [-0.1, -0.05) is 17.7 Å². The van der Waals surface area contributed by atoms with Gasteiger partial charge in [-0.3, -0.25) is 4.79 Å². The Labute approximate surface area is 158 Å². The van der Waals surface area contributed by atoms with Crippen LogP contribution in [-0.4, -0.2) is 25.5 Å². The molecule has 0 saturated heterocycles. The van der Waals surface area contributed by atoms with Gasteiger partial charge >= 0.3 is 5.97 Å². The number of esters is 1. The van der Waals surface area contributed by atoms with E-state index in [0.29, 0.717) is 34.0 Å². The molecule has 0 saturated carbocycles. The normalized spacial score (nSPS) is 19.8. The van der Waals surface area contributed by atoms with E-state index in [1.54, 1.807) is 26.2 Å². The largest absolute Gasteiger partial charge is 0.495 e. The second-order valence-electron chi connectivity index (χ2n) is 6.38. The second kappa shape index (κ2) is 7.54. The molecule has 1 aliphatic heterocycles. The summed E-state index contributed by atoms with van der Waals surface area (Å²) in [5.74, 6) is -0.294. The molecule has 1 N–H and O–H groups in total. The van der Waals surface area contributed by atoms with Crippen LogP contribution in [0.25, 0.3) is 0 Å². The first kappa shape index (κ1) is 18.5. The molecular formula is C20H22ClNO4. The molecule has 1 aromatic carbocycles. The van der Waals surface area contributed by atoms with E-state index in [4.69, 9.17) is 21.1 Å². The Hall–Kier alpha value is -2.27. The first-order valence-electron chi connectivity index (χ1n) is 8.72. The molecule has 0 unspecified atom stereocenters. The fraction of sp³-hybridized carbons (Fsp3) is 0.400. The number of rotatable bonds is 4. The van der Waals surface area contributed by atoms with Gasteiger partial charge in [0, 0.05) is 29.3 Å². The van der Waals surface area contributed by atoms with Gasteiger partial charge in [0.25, 0.3) is 0 Å². The molecule has 2 aliphatic rings. The van der Waals surface area contributed by atoms with Crippen molar-refractivity contribution >= 4 is 23.4 Å². The van der Waals surface area contributed by atoms with Crippen LogP contribution < -0.4 is 10.1 Å². The van der Waals surface area contributed by atoms with E-state index in [0.717, 1.165) is 24.1 Å². The molecule has 0 radical (unpaired) electrons. The molecule has 0 fully saturated rings. The van der Waals surface area contributed by atoms with Gasteiger partial charge in [-0.15, -0.1) is 0 Å². The van der Waals surface area contributed by atoms with Gasteiger partial charge in [0.1, 0.15) is 5.75 Å². The minimum Gasteiger partial charge on any atom is -0.495 e. The van der Waals surface area contributed by atoms with Crippen LogP contribution in [0.1, 0.15) is 44.6 Å². The number of hydrogen-bond donors (Lipinski definition) is 1. The maximum Gasteiger partial charge on any atom is 0.336 e. The number of nitrogens with one attached hydrogen (secondary N) is 1. The smallest absolute Gasteiger partial charge is 0.336 e. The SMILES string of the molecule is CCOC(=O)C1=C(C)NC2=C(C(=O)CCC2)[C@H]1c1ccc(OC)c(Cl)c1. The molecule has 138 valence electrons. The van der Waals surface area contributed by atoms with Gasteiger partial charge < -0.3 is 14.8 Å². The Kier molecular flexibility index (Phi) is 5.37. The number of benzene rings is 1. The Morgan fingerprint density at radius 1 is 1.35 bits per heavy atom. The lowest BCUT2D eigenvalue weighted by Gasteiger charge is -2.34. The van der Waals surface area contributed by atoms with Gasteiger partial charge in [0.05, 0.1) is 24.3 Å². The van der Waals surface area contributed by atoms with Crippen LogP contribution in [0.3, 0.4) is 0 Å². The number of carbonyl (C=O) groups is 2. The Bertz CT molecular complexity index is 825. The summed E-state index contributed by atoms with van der Waals surface area (Å²) in [5.41, 5.74) is 3.49. The highest BCUT2D eigenvalue weighted by atomic mass is 35.5. The molecule has 1 atom stereocenters. The lowest BCUT2D eigenvalue weighted by Crippen LogP contribution is -2.34. The van der Waals surface area contributed by atoms with Gasteiger partial charge in [0.2, 0.25) is 0 Å². The number of allylic oxidation sites excluding steroid dienone is 3. The van der Waals surface area contributed by atoms with Gasteiger partial charge in [-0.25, -0.2) is 4.79 Å². The lowest BCUT2D eigenvalue weighted by molar-refractivity contribution is -0.138.